The molecule has 0 bridgehead atoms. The molecule has 2 N–H and O–H groups in total. The van der Waals surface area contributed by atoms with E-state index < -0.39 is 12.2 Å². The zero-order valence-corrected chi connectivity index (χ0v) is 21.6. The number of carbonyl (C=O) groups excluding carboxylic acids is 2. The first kappa shape index (κ1) is 26.5. The average molecular weight is 509 g/mol. The summed E-state index contributed by atoms with van der Waals surface area (Å²) in [5.41, 5.74) is 4.39. The van der Waals surface area contributed by atoms with Crippen molar-refractivity contribution in [1.82, 2.24) is 10.6 Å². The first-order valence-electron chi connectivity index (χ1n) is 12.7. The molecule has 4 rings (SSSR count). The maximum atomic E-state index is 12.4. The van der Waals surface area contributed by atoms with Gasteiger partial charge in [0.2, 0.25) is 0 Å². The van der Waals surface area contributed by atoms with Gasteiger partial charge in [-0.25, -0.2) is 0 Å². The molecular formula is C32H32N2O4. The number of carbonyl (C=O) groups is 2. The van der Waals surface area contributed by atoms with E-state index in [9.17, 15) is 9.59 Å². The highest BCUT2D eigenvalue weighted by molar-refractivity contribution is 5.82. The van der Waals surface area contributed by atoms with Gasteiger partial charge in [-0.05, 0) is 60.4 Å². The van der Waals surface area contributed by atoms with Gasteiger partial charge >= 0.3 is 0 Å². The molecule has 2 unspecified atom stereocenters. The predicted octanol–water partition coefficient (Wildman–Crippen LogP) is 5.49. The minimum Gasteiger partial charge on any atom is -0.481 e. The van der Waals surface area contributed by atoms with Gasteiger partial charge in [-0.15, -0.1) is 0 Å². The van der Waals surface area contributed by atoms with Crippen LogP contribution in [0.5, 0.6) is 11.5 Å². The normalized spacial score (nSPS) is 12.2. The van der Waals surface area contributed by atoms with Gasteiger partial charge in [-0.2, -0.15) is 0 Å². The first-order chi connectivity index (χ1) is 18.5. The molecule has 6 nitrogen and oxygen atoms in total. The third kappa shape index (κ3) is 7.46. The largest absolute Gasteiger partial charge is 0.481 e. The van der Waals surface area contributed by atoms with Crippen molar-refractivity contribution in [2.24, 2.45) is 0 Å². The standard InChI is InChI=1S/C32H32N2O4/c1-23(37-29-17-13-27(14-18-29)25-9-5-3-6-10-25)31(35)33-21-22-34-32(36)24(2)38-30-19-15-28(16-20-30)26-11-7-4-8-12-26/h3-20,23-24H,21-22H2,1-2H3,(H,33,35)(H,34,36). The topological polar surface area (TPSA) is 76.7 Å². The number of nitrogens with one attached hydrogen (secondary N) is 2. The van der Waals surface area contributed by atoms with Crippen LogP contribution in [0.4, 0.5) is 0 Å². The van der Waals surface area contributed by atoms with E-state index in [1.54, 1.807) is 13.8 Å². The predicted molar refractivity (Wildman–Crippen MR) is 150 cm³/mol. The molecule has 2 atom stereocenters. The van der Waals surface area contributed by atoms with E-state index in [-0.39, 0.29) is 24.9 Å². The van der Waals surface area contributed by atoms with Crippen LogP contribution in [0.15, 0.2) is 109 Å². The average Bonchev–Trinajstić information content (AvgIpc) is 2.96. The minimum atomic E-state index is -0.672. The fraction of sp³-hybridized carbons (Fsp3) is 0.188. The minimum absolute atomic E-state index is 0.255. The van der Waals surface area contributed by atoms with E-state index in [0.29, 0.717) is 11.5 Å². The van der Waals surface area contributed by atoms with Crippen LogP contribution in [0, 0.1) is 0 Å². The third-order valence-electron chi connectivity index (χ3n) is 6.01. The zero-order chi connectivity index (χ0) is 26.7. The highest BCUT2D eigenvalue weighted by Crippen LogP contribution is 2.23. The van der Waals surface area contributed by atoms with Gasteiger partial charge in [-0.3, -0.25) is 9.59 Å². The SMILES string of the molecule is CC(Oc1ccc(-c2ccccc2)cc1)C(=O)NCCNC(=O)C(C)Oc1ccc(-c2ccccc2)cc1. The Kier molecular flexibility index (Phi) is 9.13. The Labute approximate surface area is 223 Å². The van der Waals surface area contributed by atoms with Crippen molar-refractivity contribution in [3.05, 3.63) is 109 Å². The van der Waals surface area contributed by atoms with Gasteiger partial charge in [0.05, 0.1) is 0 Å². The molecule has 0 aliphatic carbocycles. The van der Waals surface area contributed by atoms with E-state index in [1.807, 2.05) is 109 Å². The van der Waals surface area contributed by atoms with E-state index >= 15 is 0 Å². The number of ether oxygens (including phenoxy) is 2. The molecule has 0 aromatic heterocycles. The lowest BCUT2D eigenvalue weighted by atomic mass is 10.1. The van der Waals surface area contributed by atoms with E-state index in [0.717, 1.165) is 22.3 Å². The van der Waals surface area contributed by atoms with E-state index in [2.05, 4.69) is 10.6 Å². The molecule has 38 heavy (non-hydrogen) atoms. The highest BCUT2D eigenvalue weighted by Gasteiger charge is 2.16. The van der Waals surface area contributed by atoms with Crippen LogP contribution in [0.1, 0.15) is 13.8 Å². The number of hydrogen-bond acceptors (Lipinski definition) is 4. The van der Waals surface area contributed by atoms with Gasteiger partial charge < -0.3 is 20.1 Å². The van der Waals surface area contributed by atoms with Crippen LogP contribution in [0.2, 0.25) is 0 Å². The quantitative estimate of drug-likeness (QED) is 0.263. The fourth-order valence-electron chi connectivity index (χ4n) is 3.89. The number of rotatable bonds is 11. The lowest BCUT2D eigenvalue weighted by Gasteiger charge is -2.17. The van der Waals surface area contributed by atoms with Crippen LogP contribution in [0.25, 0.3) is 22.3 Å². The lowest BCUT2D eigenvalue weighted by Crippen LogP contribution is -2.43. The number of hydrogen-bond donors (Lipinski definition) is 2. The molecule has 0 radical (unpaired) electrons. The molecule has 4 aromatic carbocycles. The second-order valence-corrected chi connectivity index (χ2v) is 8.88. The summed E-state index contributed by atoms with van der Waals surface area (Å²) in [4.78, 5) is 24.8. The summed E-state index contributed by atoms with van der Waals surface area (Å²) in [6.07, 6.45) is -1.34. The van der Waals surface area contributed by atoms with Crippen molar-refractivity contribution in [3.8, 4) is 33.8 Å². The molecule has 0 fully saturated rings. The molecule has 2 amide bonds. The summed E-state index contributed by atoms with van der Waals surface area (Å²) < 4.78 is 11.5. The third-order valence-corrected chi connectivity index (χ3v) is 6.01. The summed E-state index contributed by atoms with van der Waals surface area (Å²) in [5, 5.41) is 5.57. The van der Waals surface area contributed by atoms with Crippen LogP contribution in [0.3, 0.4) is 0 Å². The highest BCUT2D eigenvalue weighted by atomic mass is 16.5. The molecule has 0 saturated carbocycles. The molecule has 4 aromatic rings. The van der Waals surface area contributed by atoms with Crippen LogP contribution >= 0.6 is 0 Å². The van der Waals surface area contributed by atoms with E-state index in [1.165, 1.54) is 0 Å². The van der Waals surface area contributed by atoms with Gasteiger partial charge in [-0.1, -0.05) is 84.9 Å². The Morgan fingerprint density at radius 2 is 0.842 bits per heavy atom. The van der Waals surface area contributed by atoms with Crippen molar-refractivity contribution in [3.63, 3.8) is 0 Å². The lowest BCUT2D eigenvalue weighted by molar-refractivity contribution is -0.129. The Balaban J connectivity index is 1.15. The molecular weight excluding hydrogens is 476 g/mol. The molecule has 0 spiro atoms. The van der Waals surface area contributed by atoms with Crippen LogP contribution in [-0.2, 0) is 9.59 Å². The maximum Gasteiger partial charge on any atom is 0.260 e. The van der Waals surface area contributed by atoms with Crippen LogP contribution < -0.4 is 20.1 Å². The van der Waals surface area contributed by atoms with Gasteiger partial charge in [0.1, 0.15) is 11.5 Å². The monoisotopic (exact) mass is 508 g/mol. The number of amides is 2. The molecule has 6 heteroatoms. The molecule has 0 aliphatic rings. The first-order valence-corrected chi connectivity index (χ1v) is 12.7. The molecule has 0 heterocycles. The maximum absolute atomic E-state index is 12.4. The van der Waals surface area contributed by atoms with Gasteiger partial charge in [0, 0.05) is 13.1 Å². The van der Waals surface area contributed by atoms with E-state index in [4.69, 9.17) is 9.47 Å². The van der Waals surface area contributed by atoms with Gasteiger partial charge in [0.25, 0.3) is 11.8 Å². The van der Waals surface area contributed by atoms with Gasteiger partial charge in [0.15, 0.2) is 12.2 Å². The zero-order valence-electron chi connectivity index (χ0n) is 21.6. The van der Waals surface area contributed by atoms with Crippen molar-refractivity contribution < 1.29 is 19.1 Å². The fourth-order valence-corrected chi connectivity index (χ4v) is 3.89. The second-order valence-electron chi connectivity index (χ2n) is 8.88. The molecule has 0 saturated heterocycles. The summed E-state index contributed by atoms with van der Waals surface area (Å²) in [6.45, 7) is 3.95. The Bertz CT molecular complexity index is 1200. The van der Waals surface area contributed by atoms with Crippen molar-refractivity contribution in [2.45, 2.75) is 26.1 Å². The Morgan fingerprint density at radius 1 is 0.526 bits per heavy atom. The Morgan fingerprint density at radius 3 is 1.18 bits per heavy atom. The number of benzene rings is 4. The summed E-state index contributed by atoms with van der Waals surface area (Å²) in [7, 11) is 0. The summed E-state index contributed by atoms with van der Waals surface area (Å²) in [5.74, 6) is 0.718. The summed E-state index contributed by atoms with van der Waals surface area (Å²) >= 11 is 0. The van der Waals surface area contributed by atoms with Crippen molar-refractivity contribution in [2.75, 3.05) is 13.1 Å². The molecule has 0 aliphatic heterocycles. The Hall–Kier alpha value is -4.58. The second kappa shape index (κ2) is 13.1. The molecule has 194 valence electrons. The smallest absolute Gasteiger partial charge is 0.260 e. The van der Waals surface area contributed by atoms with Crippen molar-refractivity contribution >= 4 is 11.8 Å². The van der Waals surface area contributed by atoms with Crippen molar-refractivity contribution in [1.29, 1.82) is 0 Å². The summed E-state index contributed by atoms with van der Waals surface area (Å²) in [6, 6.07) is 35.4. The van der Waals surface area contributed by atoms with Crippen LogP contribution in [-0.4, -0.2) is 37.1 Å².